The molecular weight excluding hydrogens is 394 g/mol. The normalized spacial score (nSPS) is 13.4. The van der Waals surface area contributed by atoms with Crippen molar-refractivity contribution < 1.29 is 4.79 Å². The van der Waals surface area contributed by atoms with E-state index >= 15 is 0 Å². The minimum Gasteiger partial charge on any atom is -0.296 e. The largest absolute Gasteiger partial charge is 0.296 e. The lowest BCUT2D eigenvalue weighted by Crippen LogP contribution is -2.12. The summed E-state index contributed by atoms with van der Waals surface area (Å²) in [5.74, 6) is 0.283. The molecule has 1 saturated carbocycles. The number of hydrogen-bond acceptors (Lipinski definition) is 5. The summed E-state index contributed by atoms with van der Waals surface area (Å²) in [6.45, 7) is 4.10. The molecule has 30 heavy (non-hydrogen) atoms. The summed E-state index contributed by atoms with van der Waals surface area (Å²) in [4.78, 5) is 13.2. The van der Waals surface area contributed by atoms with E-state index in [1.807, 2.05) is 49.4 Å². The zero-order valence-electron chi connectivity index (χ0n) is 16.8. The molecule has 1 amide bonds. The second kappa shape index (κ2) is 7.50. The monoisotopic (exact) mass is 415 g/mol. The molecule has 1 N–H and O–H groups in total. The topological polar surface area (TPSA) is 72.7 Å². The first-order valence-electron chi connectivity index (χ1n) is 9.96. The molecular formula is C23H21N5OS. The Morgan fingerprint density at radius 2 is 1.90 bits per heavy atom. The van der Waals surface area contributed by atoms with Gasteiger partial charge in [-0.25, -0.2) is 4.68 Å². The lowest BCUT2D eigenvalue weighted by atomic mass is 10.0. The Morgan fingerprint density at radius 3 is 2.63 bits per heavy atom. The average Bonchev–Trinajstić information content (AvgIpc) is 3.32. The van der Waals surface area contributed by atoms with Gasteiger partial charge in [0.2, 0.25) is 5.13 Å². The quantitative estimate of drug-likeness (QED) is 0.490. The fraction of sp³-hybridized carbons (Fsp3) is 0.217. The van der Waals surface area contributed by atoms with Crippen LogP contribution < -0.4 is 5.32 Å². The fourth-order valence-electron chi connectivity index (χ4n) is 3.48. The summed E-state index contributed by atoms with van der Waals surface area (Å²) >= 11 is 1.46. The first-order valence-corrected chi connectivity index (χ1v) is 10.8. The van der Waals surface area contributed by atoms with Crippen LogP contribution in [0, 0.1) is 13.8 Å². The summed E-state index contributed by atoms with van der Waals surface area (Å²) < 4.78 is 1.75. The number of carbonyl (C=O) groups excluding carboxylic acids is 1. The third-order valence-corrected chi connectivity index (χ3v) is 6.21. The van der Waals surface area contributed by atoms with Crippen LogP contribution in [0.3, 0.4) is 0 Å². The molecule has 1 aliphatic rings. The van der Waals surface area contributed by atoms with E-state index in [1.165, 1.54) is 16.9 Å². The predicted molar refractivity (Wildman–Crippen MR) is 118 cm³/mol. The van der Waals surface area contributed by atoms with Crippen LogP contribution in [0.2, 0.25) is 0 Å². The fourth-order valence-corrected chi connectivity index (χ4v) is 4.38. The highest BCUT2D eigenvalue weighted by atomic mass is 32.1. The summed E-state index contributed by atoms with van der Waals surface area (Å²) in [7, 11) is 0. The standard InChI is InChI=1S/C23H21N5OS/c1-14-8-11-18(15(2)12-14)20-19(13-28(27-20)17-6-4-3-5-7-17)21(29)24-23-26-25-22(30-23)16-9-10-16/h3-8,11-13,16H,9-10H2,1-2H3,(H,24,26,29). The van der Waals surface area contributed by atoms with Gasteiger partial charge in [-0.15, -0.1) is 10.2 Å². The Labute approximate surface area is 178 Å². The number of para-hydroxylation sites is 1. The van der Waals surface area contributed by atoms with E-state index in [-0.39, 0.29) is 5.91 Å². The zero-order valence-corrected chi connectivity index (χ0v) is 17.6. The molecule has 2 aromatic carbocycles. The third-order valence-electron chi connectivity index (χ3n) is 5.20. The molecule has 150 valence electrons. The van der Waals surface area contributed by atoms with Crippen molar-refractivity contribution in [3.63, 3.8) is 0 Å². The van der Waals surface area contributed by atoms with Gasteiger partial charge in [0.15, 0.2) is 0 Å². The molecule has 2 heterocycles. The smallest absolute Gasteiger partial charge is 0.261 e. The maximum atomic E-state index is 13.2. The second-order valence-electron chi connectivity index (χ2n) is 7.66. The van der Waals surface area contributed by atoms with Gasteiger partial charge in [-0.3, -0.25) is 10.1 Å². The second-order valence-corrected chi connectivity index (χ2v) is 8.67. The molecule has 4 aromatic rings. The van der Waals surface area contributed by atoms with Crippen molar-refractivity contribution in [2.45, 2.75) is 32.6 Å². The molecule has 0 unspecified atom stereocenters. The van der Waals surface area contributed by atoms with Crippen molar-refractivity contribution >= 4 is 22.4 Å². The van der Waals surface area contributed by atoms with Crippen molar-refractivity contribution in [1.82, 2.24) is 20.0 Å². The van der Waals surface area contributed by atoms with Crippen molar-refractivity contribution in [3.05, 3.63) is 76.4 Å². The Hall–Kier alpha value is -3.32. The molecule has 5 rings (SSSR count). The van der Waals surface area contributed by atoms with E-state index in [2.05, 4.69) is 28.5 Å². The molecule has 0 aliphatic heterocycles. The molecule has 0 atom stereocenters. The number of aromatic nitrogens is 4. The van der Waals surface area contributed by atoms with Crippen molar-refractivity contribution in [3.8, 4) is 16.9 Å². The number of nitrogens with one attached hydrogen (secondary N) is 1. The van der Waals surface area contributed by atoms with E-state index in [0.29, 0.717) is 22.3 Å². The Kier molecular flexibility index (Phi) is 4.67. The molecule has 1 fully saturated rings. The Bertz CT molecular complexity index is 1220. The summed E-state index contributed by atoms with van der Waals surface area (Å²) in [6, 6.07) is 16.0. The van der Waals surface area contributed by atoms with Gasteiger partial charge in [-0.05, 0) is 44.4 Å². The molecule has 7 heteroatoms. The number of anilines is 1. The first-order chi connectivity index (χ1) is 14.6. The molecule has 6 nitrogen and oxygen atoms in total. The van der Waals surface area contributed by atoms with Gasteiger partial charge in [0.05, 0.1) is 11.3 Å². The van der Waals surface area contributed by atoms with Crippen LogP contribution in [0.15, 0.2) is 54.7 Å². The highest BCUT2D eigenvalue weighted by Crippen LogP contribution is 2.42. The molecule has 0 bridgehead atoms. The summed E-state index contributed by atoms with van der Waals surface area (Å²) in [5.41, 5.74) is 5.25. The summed E-state index contributed by atoms with van der Waals surface area (Å²) in [6.07, 6.45) is 4.09. The molecule has 0 radical (unpaired) electrons. The summed E-state index contributed by atoms with van der Waals surface area (Å²) in [5, 5.41) is 17.6. The lowest BCUT2D eigenvalue weighted by Gasteiger charge is -2.07. The maximum absolute atomic E-state index is 13.2. The van der Waals surface area contributed by atoms with Crippen molar-refractivity contribution in [1.29, 1.82) is 0 Å². The van der Waals surface area contributed by atoms with E-state index < -0.39 is 0 Å². The van der Waals surface area contributed by atoms with Crippen LogP contribution in [0.1, 0.15) is 45.3 Å². The van der Waals surface area contributed by atoms with Gasteiger partial charge in [-0.2, -0.15) is 5.10 Å². The number of rotatable bonds is 5. The van der Waals surface area contributed by atoms with Gasteiger partial charge in [-0.1, -0.05) is 53.3 Å². The highest BCUT2D eigenvalue weighted by molar-refractivity contribution is 7.15. The van der Waals surface area contributed by atoms with Gasteiger partial charge in [0.1, 0.15) is 10.7 Å². The van der Waals surface area contributed by atoms with E-state index in [9.17, 15) is 4.79 Å². The van der Waals surface area contributed by atoms with Crippen LogP contribution in [0.5, 0.6) is 0 Å². The lowest BCUT2D eigenvalue weighted by molar-refractivity contribution is 0.102. The van der Waals surface area contributed by atoms with Crippen LogP contribution >= 0.6 is 11.3 Å². The first kappa shape index (κ1) is 18.7. The van der Waals surface area contributed by atoms with E-state index in [1.54, 1.807) is 10.9 Å². The Morgan fingerprint density at radius 1 is 1.10 bits per heavy atom. The maximum Gasteiger partial charge on any atom is 0.261 e. The SMILES string of the molecule is Cc1ccc(-c2nn(-c3ccccc3)cc2C(=O)Nc2nnc(C3CC3)s2)c(C)c1. The van der Waals surface area contributed by atoms with E-state index in [4.69, 9.17) is 5.10 Å². The van der Waals surface area contributed by atoms with Gasteiger partial charge in [0.25, 0.3) is 5.91 Å². The molecule has 1 aliphatic carbocycles. The van der Waals surface area contributed by atoms with E-state index in [0.717, 1.165) is 34.7 Å². The van der Waals surface area contributed by atoms with Crippen LogP contribution in [-0.4, -0.2) is 25.9 Å². The number of benzene rings is 2. The molecule has 2 aromatic heterocycles. The number of carbonyl (C=O) groups is 1. The number of nitrogens with zero attached hydrogens (tertiary/aromatic N) is 4. The van der Waals surface area contributed by atoms with Crippen molar-refractivity contribution in [2.75, 3.05) is 5.32 Å². The minimum absolute atomic E-state index is 0.231. The average molecular weight is 416 g/mol. The van der Waals surface area contributed by atoms with Gasteiger partial charge < -0.3 is 0 Å². The third kappa shape index (κ3) is 3.64. The van der Waals surface area contributed by atoms with Crippen LogP contribution in [-0.2, 0) is 0 Å². The number of aryl methyl sites for hydroxylation is 2. The number of hydrogen-bond donors (Lipinski definition) is 1. The van der Waals surface area contributed by atoms with Crippen molar-refractivity contribution in [2.24, 2.45) is 0 Å². The van der Waals surface area contributed by atoms with Gasteiger partial charge >= 0.3 is 0 Å². The Balaban J connectivity index is 1.54. The van der Waals surface area contributed by atoms with Crippen LogP contribution in [0.25, 0.3) is 16.9 Å². The predicted octanol–water partition coefficient (Wildman–Crippen LogP) is 5.14. The zero-order chi connectivity index (χ0) is 20.7. The minimum atomic E-state index is -0.231. The van der Waals surface area contributed by atoms with Gasteiger partial charge in [0, 0.05) is 17.7 Å². The molecule has 0 saturated heterocycles. The highest BCUT2D eigenvalue weighted by Gasteiger charge is 2.28. The van der Waals surface area contributed by atoms with Crippen LogP contribution in [0.4, 0.5) is 5.13 Å². The number of amides is 1. The molecule has 0 spiro atoms.